The summed E-state index contributed by atoms with van der Waals surface area (Å²) in [6.07, 6.45) is 1.63. The summed E-state index contributed by atoms with van der Waals surface area (Å²) in [5.74, 6) is 1.95. The number of ether oxygens (including phenoxy) is 2. The minimum atomic E-state index is -0.152. The van der Waals surface area contributed by atoms with Crippen LogP contribution >= 0.6 is 0 Å². The molecule has 0 spiro atoms. The van der Waals surface area contributed by atoms with Gasteiger partial charge in [0.1, 0.15) is 19.0 Å². The monoisotopic (exact) mass is 316 g/mol. The fraction of sp³-hybridized carbons (Fsp3) is 0.353. The van der Waals surface area contributed by atoms with Crippen molar-refractivity contribution in [1.29, 1.82) is 0 Å². The Bertz CT molecular complexity index is 667. The van der Waals surface area contributed by atoms with Gasteiger partial charge in [-0.05, 0) is 44.4 Å². The number of likely N-dealkylation sites (N-methyl/N-ethyl adjacent to an activating group) is 1. The van der Waals surface area contributed by atoms with E-state index in [-0.39, 0.29) is 11.9 Å². The zero-order valence-corrected chi connectivity index (χ0v) is 13.2. The van der Waals surface area contributed by atoms with Gasteiger partial charge in [-0.1, -0.05) is 0 Å². The van der Waals surface area contributed by atoms with Crippen LogP contribution in [-0.2, 0) is 0 Å². The van der Waals surface area contributed by atoms with Crippen LogP contribution in [0.15, 0.2) is 41.0 Å². The molecule has 0 radical (unpaired) electrons. The van der Waals surface area contributed by atoms with Gasteiger partial charge in [-0.25, -0.2) is 0 Å². The molecule has 1 aliphatic heterocycles. The molecule has 6 nitrogen and oxygen atoms in total. The van der Waals surface area contributed by atoms with Gasteiger partial charge in [0.15, 0.2) is 11.5 Å². The lowest BCUT2D eigenvalue weighted by molar-refractivity contribution is 0.0938. The summed E-state index contributed by atoms with van der Waals surface area (Å²) in [6.45, 7) is 1.49. The number of nitrogens with one attached hydrogen (secondary N) is 1. The van der Waals surface area contributed by atoms with Crippen molar-refractivity contribution in [3.05, 3.63) is 47.9 Å². The highest BCUT2D eigenvalue weighted by Gasteiger charge is 2.19. The molecule has 122 valence electrons. The fourth-order valence-corrected chi connectivity index (χ4v) is 2.49. The molecule has 1 aliphatic rings. The van der Waals surface area contributed by atoms with E-state index in [9.17, 15) is 4.79 Å². The Labute approximate surface area is 135 Å². The summed E-state index contributed by atoms with van der Waals surface area (Å²) in [4.78, 5) is 14.4. The van der Waals surface area contributed by atoms with E-state index >= 15 is 0 Å². The second-order valence-corrected chi connectivity index (χ2v) is 5.56. The molecule has 1 aromatic carbocycles. The van der Waals surface area contributed by atoms with Crippen LogP contribution in [0.1, 0.15) is 22.2 Å². The minimum Gasteiger partial charge on any atom is -0.486 e. The van der Waals surface area contributed by atoms with Crippen molar-refractivity contribution >= 4 is 5.91 Å². The Morgan fingerprint density at radius 1 is 1.22 bits per heavy atom. The number of hydrogen-bond acceptors (Lipinski definition) is 5. The summed E-state index contributed by atoms with van der Waals surface area (Å²) in [5, 5.41) is 2.94. The van der Waals surface area contributed by atoms with Crippen molar-refractivity contribution in [1.82, 2.24) is 10.2 Å². The molecule has 1 unspecified atom stereocenters. The Morgan fingerprint density at radius 3 is 2.70 bits per heavy atom. The van der Waals surface area contributed by atoms with Crippen LogP contribution in [0.4, 0.5) is 0 Å². The molecule has 3 rings (SSSR count). The number of carbonyl (C=O) groups is 1. The first-order valence-electron chi connectivity index (χ1n) is 7.53. The predicted molar refractivity (Wildman–Crippen MR) is 84.9 cm³/mol. The van der Waals surface area contributed by atoms with Gasteiger partial charge in [-0.2, -0.15) is 0 Å². The van der Waals surface area contributed by atoms with Crippen molar-refractivity contribution in [2.45, 2.75) is 6.04 Å². The summed E-state index contributed by atoms with van der Waals surface area (Å²) < 4.78 is 16.4. The first-order valence-corrected chi connectivity index (χ1v) is 7.53. The predicted octanol–water partition coefficient (Wildman–Crippen LogP) is 2.08. The van der Waals surface area contributed by atoms with Crippen LogP contribution in [-0.4, -0.2) is 44.7 Å². The van der Waals surface area contributed by atoms with Gasteiger partial charge in [0, 0.05) is 12.1 Å². The molecule has 1 amide bonds. The summed E-state index contributed by atoms with van der Waals surface area (Å²) in [7, 11) is 3.90. The third-order valence-corrected chi connectivity index (χ3v) is 3.76. The summed E-state index contributed by atoms with van der Waals surface area (Å²) in [6, 6.07) is 8.93. The Morgan fingerprint density at radius 2 is 2.00 bits per heavy atom. The number of fused-ring (bicyclic) bond motifs is 1. The summed E-state index contributed by atoms with van der Waals surface area (Å²) >= 11 is 0. The second kappa shape index (κ2) is 6.75. The topological polar surface area (TPSA) is 63.9 Å². The maximum absolute atomic E-state index is 12.4. The molecule has 0 fully saturated rings. The number of nitrogens with zero attached hydrogens (tertiary/aromatic N) is 1. The summed E-state index contributed by atoms with van der Waals surface area (Å²) in [5.41, 5.74) is 0.547. The molecule has 1 aromatic heterocycles. The van der Waals surface area contributed by atoms with E-state index < -0.39 is 0 Å². The molecular formula is C17H20N2O4. The standard InChI is InChI=1S/C17H20N2O4/c1-19(2)13(14-4-3-7-21-14)11-18-17(20)12-5-6-15-16(10-12)23-9-8-22-15/h3-7,10,13H,8-9,11H2,1-2H3,(H,18,20). The molecule has 0 aliphatic carbocycles. The van der Waals surface area contributed by atoms with Crippen LogP contribution < -0.4 is 14.8 Å². The first-order chi connectivity index (χ1) is 11.1. The van der Waals surface area contributed by atoms with Crippen LogP contribution in [0.2, 0.25) is 0 Å². The number of amides is 1. The van der Waals surface area contributed by atoms with Crippen molar-refractivity contribution < 1.29 is 18.7 Å². The average molecular weight is 316 g/mol. The van der Waals surface area contributed by atoms with E-state index in [4.69, 9.17) is 13.9 Å². The molecule has 0 saturated carbocycles. The highest BCUT2D eigenvalue weighted by atomic mass is 16.6. The zero-order chi connectivity index (χ0) is 16.2. The van der Waals surface area contributed by atoms with Gasteiger partial charge >= 0.3 is 0 Å². The van der Waals surface area contributed by atoms with E-state index in [1.54, 1.807) is 24.5 Å². The third kappa shape index (κ3) is 3.48. The average Bonchev–Trinajstić information content (AvgIpc) is 3.08. The Balaban J connectivity index is 1.67. The van der Waals surface area contributed by atoms with Gasteiger partial charge in [-0.3, -0.25) is 9.69 Å². The highest BCUT2D eigenvalue weighted by molar-refractivity contribution is 5.94. The smallest absolute Gasteiger partial charge is 0.251 e. The molecule has 0 bridgehead atoms. The lowest BCUT2D eigenvalue weighted by Gasteiger charge is -2.23. The molecular weight excluding hydrogens is 296 g/mol. The molecule has 23 heavy (non-hydrogen) atoms. The normalized spacial score (nSPS) is 14.6. The molecule has 0 saturated heterocycles. The molecule has 1 N–H and O–H groups in total. The number of carbonyl (C=O) groups excluding carboxylic acids is 1. The first kappa shape index (κ1) is 15.4. The highest BCUT2D eigenvalue weighted by Crippen LogP contribution is 2.30. The van der Waals surface area contributed by atoms with Gasteiger partial charge in [-0.15, -0.1) is 0 Å². The van der Waals surface area contributed by atoms with E-state index in [1.807, 2.05) is 31.1 Å². The van der Waals surface area contributed by atoms with E-state index in [0.717, 1.165) is 5.76 Å². The maximum atomic E-state index is 12.4. The van der Waals surface area contributed by atoms with Crippen molar-refractivity contribution in [3.63, 3.8) is 0 Å². The van der Waals surface area contributed by atoms with Gasteiger partial charge in [0.25, 0.3) is 5.91 Å². The van der Waals surface area contributed by atoms with E-state index in [2.05, 4.69) is 5.32 Å². The number of hydrogen-bond donors (Lipinski definition) is 1. The van der Waals surface area contributed by atoms with Gasteiger partial charge in [0.2, 0.25) is 0 Å². The van der Waals surface area contributed by atoms with Gasteiger partial charge in [0.05, 0.1) is 12.3 Å². The maximum Gasteiger partial charge on any atom is 0.251 e. The van der Waals surface area contributed by atoms with Crippen LogP contribution in [0, 0.1) is 0 Å². The van der Waals surface area contributed by atoms with E-state index in [0.29, 0.717) is 36.8 Å². The molecule has 2 aromatic rings. The van der Waals surface area contributed by atoms with Crippen molar-refractivity contribution in [2.75, 3.05) is 33.9 Å². The largest absolute Gasteiger partial charge is 0.486 e. The SMILES string of the molecule is CN(C)C(CNC(=O)c1ccc2c(c1)OCCO2)c1ccco1. The molecule has 2 heterocycles. The van der Waals surface area contributed by atoms with Crippen LogP contribution in [0.3, 0.4) is 0 Å². The van der Waals surface area contributed by atoms with Crippen LogP contribution in [0.5, 0.6) is 11.5 Å². The lowest BCUT2D eigenvalue weighted by atomic mass is 10.1. The third-order valence-electron chi connectivity index (χ3n) is 3.76. The fourth-order valence-electron chi connectivity index (χ4n) is 2.49. The van der Waals surface area contributed by atoms with Crippen LogP contribution in [0.25, 0.3) is 0 Å². The minimum absolute atomic E-state index is 0.0221. The Kier molecular flexibility index (Phi) is 4.52. The number of furan rings is 1. The van der Waals surface area contributed by atoms with Crippen molar-refractivity contribution in [2.24, 2.45) is 0 Å². The number of benzene rings is 1. The Hall–Kier alpha value is -2.47. The second-order valence-electron chi connectivity index (χ2n) is 5.56. The quantitative estimate of drug-likeness (QED) is 0.915. The number of rotatable bonds is 5. The van der Waals surface area contributed by atoms with E-state index in [1.165, 1.54) is 0 Å². The van der Waals surface area contributed by atoms with Crippen molar-refractivity contribution in [3.8, 4) is 11.5 Å². The zero-order valence-electron chi connectivity index (χ0n) is 13.2. The molecule has 6 heteroatoms. The lowest BCUT2D eigenvalue weighted by Crippen LogP contribution is -2.34. The van der Waals surface area contributed by atoms with Gasteiger partial charge < -0.3 is 19.2 Å². The molecule has 1 atom stereocenters.